The number of pyridine rings is 1. The van der Waals surface area contributed by atoms with Gasteiger partial charge in [0.25, 0.3) is 0 Å². The van der Waals surface area contributed by atoms with Gasteiger partial charge in [0, 0.05) is 47.7 Å². The van der Waals surface area contributed by atoms with Crippen LogP contribution in [-0.4, -0.2) is 27.7 Å². The predicted molar refractivity (Wildman–Crippen MR) is 124 cm³/mol. The van der Waals surface area contributed by atoms with E-state index in [9.17, 15) is 4.79 Å². The van der Waals surface area contributed by atoms with Gasteiger partial charge >= 0.3 is 0 Å². The second kappa shape index (κ2) is 8.93. The maximum atomic E-state index is 12.4. The minimum Gasteiger partial charge on any atom is -0.492 e. The van der Waals surface area contributed by atoms with Gasteiger partial charge in [0.15, 0.2) is 0 Å². The van der Waals surface area contributed by atoms with Crippen LogP contribution in [0, 0.1) is 0 Å². The van der Waals surface area contributed by atoms with Crippen LogP contribution >= 0.6 is 0 Å². The highest BCUT2D eigenvalue weighted by atomic mass is 16.5. The standard InChI is InChI=1S/C25H23N5O2/c31-23(12-17-5-2-1-3-6-17)30-20-8-4-7-18(11-20)13-26-25-21-9-10-32-24(21)22(16-27-25)19-14-28-29-15-19/h1-8,11,14-16H,9-10,12-13H2,(H,26,27)(H,28,29)(H,30,31). The van der Waals surface area contributed by atoms with E-state index in [1.165, 1.54) is 0 Å². The number of nitrogens with one attached hydrogen (secondary N) is 3. The summed E-state index contributed by atoms with van der Waals surface area (Å²) in [6.45, 7) is 1.23. The first-order valence-electron chi connectivity index (χ1n) is 10.6. The lowest BCUT2D eigenvalue weighted by Gasteiger charge is -2.13. The number of carbonyl (C=O) groups excluding carboxylic acids is 1. The summed E-state index contributed by atoms with van der Waals surface area (Å²) < 4.78 is 5.89. The summed E-state index contributed by atoms with van der Waals surface area (Å²) in [6, 6.07) is 17.6. The molecule has 0 aliphatic carbocycles. The van der Waals surface area contributed by atoms with Crippen molar-refractivity contribution in [2.24, 2.45) is 0 Å². The molecule has 0 unspecified atom stereocenters. The average Bonchev–Trinajstić information content (AvgIpc) is 3.51. The topological polar surface area (TPSA) is 91.9 Å². The fraction of sp³-hybridized carbons (Fsp3) is 0.160. The minimum atomic E-state index is -0.0345. The minimum absolute atomic E-state index is 0.0345. The number of aromatic amines is 1. The van der Waals surface area contributed by atoms with E-state index < -0.39 is 0 Å². The molecular formula is C25H23N5O2. The first kappa shape index (κ1) is 19.8. The van der Waals surface area contributed by atoms with Crippen LogP contribution in [0.15, 0.2) is 73.2 Å². The molecule has 0 fully saturated rings. The quantitative estimate of drug-likeness (QED) is 0.413. The van der Waals surface area contributed by atoms with Gasteiger partial charge in [-0.05, 0) is 23.3 Å². The second-order valence-electron chi connectivity index (χ2n) is 7.68. The molecular weight excluding hydrogens is 402 g/mol. The summed E-state index contributed by atoms with van der Waals surface area (Å²) in [6.07, 6.45) is 6.58. The number of ether oxygens (including phenoxy) is 1. The van der Waals surface area contributed by atoms with Gasteiger partial charge in [-0.3, -0.25) is 9.89 Å². The van der Waals surface area contributed by atoms with Crippen LogP contribution in [0.1, 0.15) is 16.7 Å². The second-order valence-corrected chi connectivity index (χ2v) is 7.68. The maximum absolute atomic E-state index is 12.4. The Morgan fingerprint density at radius 1 is 1.06 bits per heavy atom. The summed E-state index contributed by atoms with van der Waals surface area (Å²) >= 11 is 0. The van der Waals surface area contributed by atoms with Crippen molar-refractivity contribution in [3.63, 3.8) is 0 Å². The van der Waals surface area contributed by atoms with Crippen LogP contribution in [0.4, 0.5) is 11.5 Å². The van der Waals surface area contributed by atoms with E-state index in [-0.39, 0.29) is 5.91 Å². The van der Waals surface area contributed by atoms with E-state index in [0.29, 0.717) is 19.6 Å². The number of anilines is 2. The fourth-order valence-corrected chi connectivity index (χ4v) is 3.88. The van der Waals surface area contributed by atoms with Crippen LogP contribution in [-0.2, 0) is 24.2 Å². The molecule has 2 aromatic heterocycles. The number of carbonyl (C=O) groups is 1. The van der Waals surface area contributed by atoms with Crippen molar-refractivity contribution in [2.75, 3.05) is 17.2 Å². The Bertz CT molecular complexity index is 1220. The van der Waals surface area contributed by atoms with Crippen LogP contribution in [0.3, 0.4) is 0 Å². The first-order chi connectivity index (χ1) is 15.8. The smallest absolute Gasteiger partial charge is 0.228 e. The molecule has 0 spiro atoms. The zero-order valence-electron chi connectivity index (χ0n) is 17.5. The van der Waals surface area contributed by atoms with Gasteiger partial charge in [0.2, 0.25) is 5.91 Å². The van der Waals surface area contributed by atoms with E-state index in [1.54, 1.807) is 6.20 Å². The van der Waals surface area contributed by atoms with E-state index in [2.05, 4.69) is 25.8 Å². The number of fused-ring (bicyclic) bond motifs is 1. The molecule has 1 aliphatic rings. The lowest BCUT2D eigenvalue weighted by Crippen LogP contribution is -2.14. The largest absolute Gasteiger partial charge is 0.492 e. The highest BCUT2D eigenvalue weighted by Gasteiger charge is 2.22. The van der Waals surface area contributed by atoms with Gasteiger partial charge in [-0.25, -0.2) is 4.98 Å². The molecule has 0 radical (unpaired) electrons. The summed E-state index contributed by atoms with van der Waals surface area (Å²) in [5.74, 6) is 1.65. The highest BCUT2D eigenvalue weighted by Crippen LogP contribution is 2.39. The summed E-state index contributed by atoms with van der Waals surface area (Å²) in [7, 11) is 0. The van der Waals surface area contributed by atoms with Crippen LogP contribution in [0.25, 0.3) is 11.1 Å². The third-order valence-corrected chi connectivity index (χ3v) is 5.41. The third-order valence-electron chi connectivity index (χ3n) is 5.41. The van der Waals surface area contributed by atoms with Gasteiger partial charge in [0.1, 0.15) is 11.6 Å². The fourth-order valence-electron chi connectivity index (χ4n) is 3.88. The number of aromatic nitrogens is 3. The Hall–Kier alpha value is -4.13. The summed E-state index contributed by atoms with van der Waals surface area (Å²) in [4.78, 5) is 17.0. The summed E-state index contributed by atoms with van der Waals surface area (Å²) in [5, 5.41) is 13.3. The lowest BCUT2D eigenvalue weighted by molar-refractivity contribution is -0.115. The molecule has 2 aromatic carbocycles. The predicted octanol–water partition coefficient (Wildman–Crippen LogP) is 4.20. The van der Waals surface area contributed by atoms with Crippen molar-refractivity contribution < 1.29 is 9.53 Å². The van der Waals surface area contributed by atoms with Crippen molar-refractivity contribution in [1.82, 2.24) is 15.2 Å². The number of hydrogen-bond acceptors (Lipinski definition) is 5. The van der Waals surface area contributed by atoms with Crippen molar-refractivity contribution in [3.05, 3.63) is 89.9 Å². The zero-order chi connectivity index (χ0) is 21.8. The molecule has 0 atom stereocenters. The maximum Gasteiger partial charge on any atom is 0.228 e. The molecule has 3 N–H and O–H groups in total. The first-order valence-corrected chi connectivity index (χ1v) is 10.6. The van der Waals surface area contributed by atoms with Crippen molar-refractivity contribution in [2.45, 2.75) is 19.4 Å². The Morgan fingerprint density at radius 2 is 1.94 bits per heavy atom. The van der Waals surface area contributed by atoms with E-state index in [1.807, 2.05) is 67.0 Å². The molecule has 3 heterocycles. The van der Waals surface area contributed by atoms with Gasteiger partial charge in [-0.15, -0.1) is 0 Å². The third kappa shape index (κ3) is 4.32. The molecule has 1 aliphatic heterocycles. The number of H-pyrrole nitrogens is 1. The molecule has 4 aromatic rings. The van der Waals surface area contributed by atoms with E-state index in [4.69, 9.17) is 4.74 Å². The van der Waals surface area contributed by atoms with Gasteiger partial charge in [-0.2, -0.15) is 5.10 Å². The normalized spacial score (nSPS) is 12.1. The van der Waals surface area contributed by atoms with Crippen LogP contribution < -0.4 is 15.4 Å². The van der Waals surface area contributed by atoms with Crippen LogP contribution in [0.2, 0.25) is 0 Å². The summed E-state index contributed by atoms with van der Waals surface area (Å²) in [5.41, 5.74) is 5.80. The molecule has 1 amide bonds. The number of amides is 1. The number of rotatable bonds is 7. The molecule has 32 heavy (non-hydrogen) atoms. The molecule has 160 valence electrons. The van der Waals surface area contributed by atoms with Gasteiger partial charge in [-0.1, -0.05) is 42.5 Å². The van der Waals surface area contributed by atoms with E-state index >= 15 is 0 Å². The number of hydrogen-bond donors (Lipinski definition) is 3. The SMILES string of the molecule is O=C(Cc1ccccc1)Nc1cccc(CNc2ncc(-c3cn[nH]c3)c3c2CCO3)c1. The highest BCUT2D eigenvalue weighted by molar-refractivity contribution is 5.92. The molecule has 7 heteroatoms. The van der Waals surface area contributed by atoms with Gasteiger partial charge < -0.3 is 15.4 Å². The molecule has 0 saturated heterocycles. The van der Waals surface area contributed by atoms with Gasteiger partial charge in [0.05, 0.1) is 19.2 Å². The lowest BCUT2D eigenvalue weighted by atomic mass is 10.1. The number of nitrogens with zero attached hydrogens (tertiary/aromatic N) is 2. The zero-order valence-corrected chi connectivity index (χ0v) is 17.5. The monoisotopic (exact) mass is 425 g/mol. The van der Waals surface area contributed by atoms with Crippen molar-refractivity contribution in [1.29, 1.82) is 0 Å². The van der Waals surface area contributed by atoms with Crippen molar-refractivity contribution in [3.8, 4) is 16.9 Å². The molecule has 7 nitrogen and oxygen atoms in total. The Balaban J connectivity index is 1.26. The molecule has 0 saturated carbocycles. The molecule has 0 bridgehead atoms. The van der Waals surface area contributed by atoms with Crippen LogP contribution in [0.5, 0.6) is 5.75 Å². The Labute approximate surface area is 185 Å². The van der Waals surface area contributed by atoms with E-state index in [0.717, 1.165) is 51.5 Å². The van der Waals surface area contributed by atoms with Crippen molar-refractivity contribution >= 4 is 17.4 Å². The number of benzene rings is 2. The Morgan fingerprint density at radius 3 is 2.78 bits per heavy atom. The Kier molecular flexibility index (Phi) is 5.53. The average molecular weight is 425 g/mol. The molecule has 5 rings (SSSR count).